The largest absolute Gasteiger partial charge is 0.493 e. The first-order valence-electron chi connectivity index (χ1n) is 12.0. The molecule has 5 aliphatic rings. The van der Waals surface area contributed by atoms with Crippen molar-refractivity contribution in [3.8, 4) is 5.75 Å². The summed E-state index contributed by atoms with van der Waals surface area (Å²) in [5, 5.41) is 0. The number of hydrogen-bond acceptors (Lipinski definition) is 4. The van der Waals surface area contributed by atoms with Gasteiger partial charge in [-0.3, -0.25) is 9.69 Å². The van der Waals surface area contributed by atoms with Crippen molar-refractivity contribution in [2.75, 3.05) is 44.4 Å². The Balaban J connectivity index is 1.23. The highest BCUT2D eigenvalue weighted by molar-refractivity contribution is 5.92. The van der Waals surface area contributed by atoms with E-state index in [1.54, 1.807) is 6.92 Å². The molecular formula is C25H36N2O3. The molecule has 1 heterocycles. The third kappa shape index (κ3) is 4.24. The average Bonchev–Trinajstić information content (AvgIpc) is 2.74. The smallest absolute Gasteiger partial charge is 0.224 e. The molecule has 0 N–H and O–H groups in total. The Morgan fingerprint density at radius 3 is 2.47 bits per heavy atom. The summed E-state index contributed by atoms with van der Waals surface area (Å²) in [5.74, 6) is 4.25. The number of carbonyl (C=O) groups is 1. The average molecular weight is 413 g/mol. The fourth-order valence-electron chi connectivity index (χ4n) is 6.91. The van der Waals surface area contributed by atoms with Crippen LogP contribution in [0.5, 0.6) is 5.75 Å². The van der Waals surface area contributed by atoms with Gasteiger partial charge in [0.15, 0.2) is 0 Å². The summed E-state index contributed by atoms with van der Waals surface area (Å²) in [7, 11) is 0. The van der Waals surface area contributed by atoms with Crippen molar-refractivity contribution in [2.45, 2.75) is 51.5 Å². The summed E-state index contributed by atoms with van der Waals surface area (Å²) in [5.41, 5.74) is 1.02. The minimum atomic E-state index is 0.178. The van der Waals surface area contributed by atoms with Gasteiger partial charge in [-0.05, 0) is 74.3 Å². The number of ether oxygens (including phenoxy) is 2. The second kappa shape index (κ2) is 8.88. The molecule has 0 spiro atoms. The highest BCUT2D eigenvalue weighted by atomic mass is 16.5. The van der Waals surface area contributed by atoms with Crippen LogP contribution in [-0.2, 0) is 9.53 Å². The zero-order valence-electron chi connectivity index (χ0n) is 18.3. The zero-order valence-corrected chi connectivity index (χ0v) is 18.3. The van der Waals surface area contributed by atoms with Gasteiger partial charge in [0, 0.05) is 44.4 Å². The van der Waals surface area contributed by atoms with Crippen LogP contribution in [0.1, 0.15) is 45.4 Å². The Kier molecular flexibility index (Phi) is 6.01. The maximum absolute atomic E-state index is 12.8. The number of amides is 1. The van der Waals surface area contributed by atoms with Gasteiger partial charge in [0.05, 0.1) is 19.8 Å². The normalized spacial score (nSPS) is 32.9. The molecular weight excluding hydrogens is 376 g/mol. The lowest BCUT2D eigenvalue weighted by molar-refractivity contribution is -0.119. The van der Waals surface area contributed by atoms with E-state index in [0.717, 1.165) is 62.5 Å². The molecule has 4 saturated carbocycles. The monoisotopic (exact) mass is 412 g/mol. The third-order valence-electron chi connectivity index (χ3n) is 7.90. The quantitative estimate of drug-likeness (QED) is 0.636. The van der Waals surface area contributed by atoms with E-state index in [1.165, 1.54) is 32.1 Å². The summed E-state index contributed by atoms with van der Waals surface area (Å²) >= 11 is 0. The van der Waals surface area contributed by atoms with E-state index in [2.05, 4.69) is 21.9 Å². The zero-order chi connectivity index (χ0) is 20.5. The number of nitrogens with zero attached hydrogens (tertiary/aromatic N) is 2. The van der Waals surface area contributed by atoms with Gasteiger partial charge in [-0.25, -0.2) is 0 Å². The molecule has 5 nitrogen and oxygen atoms in total. The summed E-state index contributed by atoms with van der Waals surface area (Å²) in [6, 6.07) is 8.62. The van der Waals surface area contributed by atoms with E-state index >= 15 is 0 Å². The van der Waals surface area contributed by atoms with Crippen LogP contribution in [-0.4, -0.2) is 56.3 Å². The van der Waals surface area contributed by atoms with E-state index in [4.69, 9.17) is 9.47 Å². The Bertz CT molecular complexity index is 718. The van der Waals surface area contributed by atoms with Crippen molar-refractivity contribution in [2.24, 2.45) is 23.7 Å². The van der Waals surface area contributed by atoms with Crippen molar-refractivity contribution < 1.29 is 14.3 Å². The summed E-state index contributed by atoms with van der Waals surface area (Å²) in [6.45, 7) is 7.22. The van der Waals surface area contributed by atoms with Crippen LogP contribution in [0, 0.1) is 23.7 Å². The van der Waals surface area contributed by atoms with Crippen molar-refractivity contribution in [1.29, 1.82) is 0 Å². The molecule has 1 aromatic carbocycles. The van der Waals surface area contributed by atoms with Gasteiger partial charge in [-0.15, -0.1) is 0 Å². The first-order chi connectivity index (χ1) is 14.7. The Morgan fingerprint density at radius 1 is 1.10 bits per heavy atom. The molecule has 4 bridgehead atoms. The minimum absolute atomic E-state index is 0.178. The lowest BCUT2D eigenvalue weighted by Crippen LogP contribution is -2.57. The van der Waals surface area contributed by atoms with Crippen LogP contribution in [0.25, 0.3) is 0 Å². The Hall–Kier alpha value is -1.59. The standard InChI is InChI=1S/C25H36N2O3/c1-18(28)27(25-21-13-19-12-20(15-21)16-22(25)14-19)23-4-2-5-24(17-23)30-9-3-6-26-7-10-29-11-8-26/h2,4-5,17,19-22,25H,3,6-16H2,1H3. The number of rotatable bonds is 7. The molecule has 1 aliphatic heterocycles. The molecule has 0 aromatic heterocycles. The maximum Gasteiger partial charge on any atom is 0.224 e. The summed E-state index contributed by atoms with van der Waals surface area (Å²) in [4.78, 5) is 17.3. The number of hydrogen-bond donors (Lipinski definition) is 0. The van der Waals surface area contributed by atoms with Crippen LogP contribution in [0.3, 0.4) is 0 Å². The van der Waals surface area contributed by atoms with Gasteiger partial charge >= 0.3 is 0 Å². The first-order valence-corrected chi connectivity index (χ1v) is 12.0. The maximum atomic E-state index is 12.8. The molecule has 4 aliphatic carbocycles. The van der Waals surface area contributed by atoms with Gasteiger partial charge in [-0.1, -0.05) is 6.07 Å². The van der Waals surface area contributed by atoms with Gasteiger partial charge < -0.3 is 14.4 Å². The third-order valence-corrected chi connectivity index (χ3v) is 7.90. The first kappa shape index (κ1) is 20.3. The Morgan fingerprint density at radius 2 is 1.80 bits per heavy atom. The van der Waals surface area contributed by atoms with E-state index in [-0.39, 0.29) is 5.91 Å². The minimum Gasteiger partial charge on any atom is -0.493 e. The van der Waals surface area contributed by atoms with Crippen molar-refractivity contribution >= 4 is 11.6 Å². The SMILES string of the molecule is CC(=O)N(c1cccc(OCCCN2CCOCC2)c1)C1C2CC3CC(C2)CC1C3. The molecule has 6 rings (SSSR count). The molecule has 0 atom stereocenters. The lowest BCUT2D eigenvalue weighted by Gasteiger charge is -2.57. The van der Waals surface area contributed by atoms with Crippen LogP contribution in [0.4, 0.5) is 5.69 Å². The molecule has 5 heteroatoms. The molecule has 164 valence electrons. The number of morpholine rings is 1. The van der Waals surface area contributed by atoms with Crippen LogP contribution in [0.2, 0.25) is 0 Å². The van der Waals surface area contributed by atoms with E-state index in [9.17, 15) is 4.79 Å². The molecule has 1 amide bonds. The van der Waals surface area contributed by atoms with Crippen LogP contribution < -0.4 is 9.64 Å². The predicted octanol–water partition coefficient (Wildman–Crippen LogP) is 3.97. The molecule has 5 fully saturated rings. The number of carbonyl (C=O) groups excluding carboxylic acids is 1. The topological polar surface area (TPSA) is 42.0 Å². The van der Waals surface area contributed by atoms with Gasteiger partial charge in [-0.2, -0.15) is 0 Å². The highest BCUT2D eigenvalue weighted by Gasteiger charge is 2.51. The molecule has 0 radical (unpaired) electrons. The van der Waals surface area contributed by atoms with Gasteiger partial charge in [0.25, 0.3) is 0 Å². The molecule has 30 heavy (non-hydrogen) atoms. The summed E-state index contributed by atoms with van der Waals surface area (Å²) in [6.07, 6.45) is 7.72. The van der Waals surface area contributed by atoms with Crippen LogP contribution in [0.15, 0.2) is 24.3 Å². The van der Waals surface area contributed by atoms with Crippen LogP contribution >= 0.6 is 0 Å². The fraction of sp³-hybridized carbons (Fsp3) is 0.720. The fourth-order valence-corrected chi connectivity index (χ4v) is 6.91. The number of benzene rings is 1. The van der Waals surface area contributed by atoms with Gasteiger partial charge in [0.2, 0.25) is 5.91 Å². The number of anilines is 1. The summed E-state index contributed by atoms with van der Waals surface area (Å²) < 4.78 is 11.5. The van der Waals surface area contributed by atoms with E-state index in [0.29, 0.717) is 24.5 Å². The van der Waals surface area contributed by atoms with Crippen molar-refractivity contribution in [3.05, 3.63) is 24.3 Å². The second-order valence-corrected chi connectivity index (χ2v) is 9.96. The Labute approximate surface area is 180 Å². The van der Waals surface area contributed by atoms with Crippen molar-refractivity contribution in [3.63, 3.8) is 0 Å². The molecule has 1 saturated heterocycles. The highest BCUT2D eigenvalue weighted by Crippen LogP contribution is 2.55. The lowest BCUT2D eigenvalue weighted by atomic mass is 9.54. The second-order valence-electron chi connectivity index (χ2n) is 9.96. The van der Waals surface area contributed by atoms with E-state index < -0.39 is 0 Å². The van der Waals surface area contributed by atoms with Gasteiger partial charge in [0.1, 0.15) is 5.75 Å². The predicted molar refractivity (Wildman–Crippen MR) is 118 cm³/mol. The molecule has 1 aromatic rings. The van der Waals surface area contributed by atoms with Crippen molar-refractivity contribution in [1.82, 2.24) is 4.90 Å². The molecule has 0 unspecified atom stereocenters. The van der Waals surface area contributed by atoms with E-state index in [1.807, 2.05) is 12.1 Å².